The van der Waals surface area contributed by atoms with Crippen molar-refractivity contribution in [3.05, 3.63) is 35.4 Å². The minimum atomic E-state index is -0.750. The lowest BCUT2D eigenvalue weighted by atomic mass is 9.88. The predicted octanol–water partition coefficient (Wildman–Crippen LogP) is 3.09. The Kier molecular flexibility index (Phi) is 5.11. The van der Waals surface area contributed by atoms with E-state index in [1.54, 1.807) is 20.8 Å². The Morgan fingerprint density at radius 2 is 1.88 bits per heavy atom. The molecule has 0 spiro atoms. The highest BCUT2D eigenvalue weighted by molar-refractivity contribution is 5.77. The van der Waals surface area contributed by atoms with Crippen molar-refractivity contribution in [2.24, 2.45) is 5.92 Å². The SMILES string of the molecule is COC(=O)[C@H]1CN(C(=O)OC(C)(C)C)C[C@@H]1c1ccc(F)cc1F. The molecule has 24 heavy (non-hydrogen) atoms. The molecule has 2 atom stereocenters. The van der Waals surface area contributed by atoms with Gasteiger partial charge in [-0.15, -0.1) is 0 Å². The highest BCUT2D eigenvalue weighted by Crippen LogP contribution is 2.35. The van der Waals surface area contributed by atoms with Crippen LogP contribution in [-0.2, 0) is 14.3 Å². The maximum Gasteiger partial charge on any atom is 0.410 e. The summed E-state index contributed by atoms with van der Waals surface area (Å²) in [5.74, 6) is -3.35. The van der Waals surface area contributed by atoms with Crippen LogP contribution in [0.4, 0.5) is 13.6 Å². The Hall–Kier alpha value is -2.18. The van der Waals surface area contributed by atoms with Crippen molar-refractivity contribution >= 4 is 12.1 Å². The molecule has 1 aliphatic rings. The monoisotopic (exact) mass is 341 g/mol. The van der Waals surface area contributed by atoms with Crippen LogP contribution in [0.25, 0.3) is 0 Å². The Morgan fingerprint density at radius 1 is 1.21 bits per heavy atom. The number of carbonyl (C=O) groups excluding carboxylic acids is 2. The van der Waals surface area contributed by atoms with Gasteiger partial charge in [-0.3, -0.25) is 4.79 Å². The number of likely N-dealkylation sites (tertiary alicyclic amines) is 1. The summed E-state index contributed by atoms with van der Waals surface area (Å²) in [6, 6.07) is 3.19. The smallest absolute Gasteiger partial charge is 0.410 e. The summed E-state index contributed by atoms with van der Waals surface area (Å²) in [5, 5.41) is 0. The van der Waals surface area contributed by atoms with E-state index in [-0.39, 0.29) is 18.7 Å². The Morgan fingerprint density at radius 3 is 2.42 bits per heavy atom. The van der Waals surface area contributed by atoms with Crippen LogP contribution in [0, 0.1) is 17.6 Å². The molecule has 1 aromatic rings. The summed E-state index contributed by atoms with van der Waals surface area (Å²) in [7, 11) is 1.23. The molecule has 132 valence electrons. The van der Waals surface area contributed by atoms with Crippen molar-refractivity contribution in [1.29, 1.82) is 0 Å². The van der Waals surface area contributed by atoms with Crippen LogP contribution in [0.1, 0.15) is 32.3 Å². The molecule has 1 saturated heterocycles. The number of ether oxygens (including phenoxy) is 2. The van der Waals surface area contributed by atoms with Crippen molar-refractivity contribution < 1.29 is 27.8 Å². The number of esters is 1. The molecule has 0 aromatic heterocycles. The molecule has 1 amide bonds. The Bertz CT molecular complexity index is 642. The molecule has 0 saturated carbocycles. The third-order valence-corrected chi connectivity index (χ3v) is 3.84. The van der Waals surface area contributed by atoms with Crippen molar-refractivity contribution in [3.8, 4) is 0 Å². The van der Waals surface area contributed by atoms with Gasteiger partial charge < -0.3 is 14.4 Å². The minimum absolute atomic E-state index is 0.0586. The van der Waals surface area contributed by atoms with Gasteiger partial charge in [-0.25, -0.2) is 13.6 Å². The summed E-state index contributed by atoms with van der Waals surface area (Å²) in [5.41, 5.74) is -0.505. The first-order valence-corrected chi connectivity index (χ1v) is 7.63. The quantitative estimate of drug-likeness (QED) is 0.776. The van der Waals surface area contributed by atoms with Gasteiger partial charge in [-0.1, -0.05) is 6.07 Å². The van der Waals surface area contributed by atoms with Gasteiger partial charge in [-0.2, -0.15) is 0 Å². The Balaban J connectivity index is 2.28. The topological polar surface area (TPSA) is 55.8 Å². The molecule has 1 heterocycles. The molecule has 0 aliphatic carbocycles. The summed E-state index contributed by atoms with van der Waals surface area (Å²) < 4.78 is 37.3. The van der Waals surface area contributed by atoms with Crippen LogP contribution in [0.5, 0.6) is 0 Å². The van der Waals surface area contributed by atoms with Crippen molar-refractivity contribution in [3.63, 3.8) is 0 Å². The van der Waals surface area contributed by atoms with Gasteiger partial charge in [0.25, 0.3) is 0 Å². The van der Waals surface area contributed by atoms with Gasteiger partial charge in [-0.05, 0) is 32.4 Å². The van der Waals surface area contributed by atoms with Crippen LogP contribution in [0.2, 0.25) is 0 Å². The van der Waals surface area contributed by atoms with E-state index in [2.05, 4.69) is 0 Å². The Labute approximate surface area is 139 Å². The molecular formula is C17H21F2NO4. The highest BCUT2D eigenvalue weighted by atomic mass is 19.1. The molecule has 1 aromatic carbocycles. The first-order chi connectivity index (χ1) is 11.1. The van der Waals surface area contributed by atoms with E-state index in [1.165, 1.54) is 18.1 Å². The van der Waals surface area contributed by atoms with Gasteiger partial charge in [0, 0.05) is 25.1 Å². The van der Waals surface area contributed by atoms with Crippen molar-refractivity contribution in [1.82, 2.24) is 4.90 Å². The summed E-state index contributed by atoms with van der Waals surface area (Å²) >= 11 is 0. The average Bonchev–Trinajstić information content (AvgIpc) is 2.89. The second-order valence-corrected chi connectivity index (χ2v) is 6.79. The maximum atomic E-state index is 14.1. The molecule has 1 aliphatic heterocycles. The molecule has 5 nitrogen and oxygen atoms in total. The third kappa shape index (κ3) is 4.01. The normalized spacial score (nSPS) is 20.8. The minimum Gasteiger partial charge on any atom is -0.469 e. The van der Waals surface area contributed by atoms with E-state index in [9.17, 15) is 18.4 Å². The lowest BCUT2D eigenvalue weighted by Crippen LogP contribution is -2.36. The van der Waals surface area contributed by atoms with Crippen LogP contribution >= 0.6 is 0 Å². The van der Waals surface area contributed by atoms with E-state index in [1.807, 2.05) is 0 Å². The van der Waals surface area contributed by atoms with Crippen LogP contribution in [-0.4, -0.2) is 42.8 Å². The first-order valence-electron chi connectivity index (χ1n) is 7.63. The van der Waals surface area contributed by atoms with E-state index in [0.29, 0.717) is 0 Å². The second kappa shape index (κ2) is 6.75. The highest BCUT2D eigenvalue weighted by Gasteiger charge is 2.43. The zero-order chi connectivity index (χ0) is 18.1. The van der Waals surface area contributed by atoms with Crippen molar-refractivity contribution in [2.45, 2.75) is 32.3 Å². The van der Waals surface area contributed by atoms with E-state index in [0.717, 1.165) is 12.1 Å². The standard InChI is InChI=1S/C17H21F2NO4/c1-17(2,3)24-16(22)20-8-12(13(9-20)15(21)23-4)11-6-5-10(18)7-14(11)19/h5-7,12-13H,8-9H2,1-4H3/t12-,13+/m1/s1. The van der Waals surface area contributed by atoms with Gasteiger partial charge in [0.05, 0.1) is 13.0 Å². The number of hydrogen-bond acceptors (Lipinski definition) is 4. The van der Waals surface area contributed by atoms with E-state index in [4.69, 9.17) is 9.47 Å². The van der Waals surface area contributed by atoms with E-state index < -0.39 is 41.1 Å². The third-order valence-electron chi connectivity index (χ3n) is 3.84. The molecule has 0 radical (unpaired) electrons. The summed E-state index contributed by atoms with van der Waals surface area (Å²) in [4.78, 5) is 25.6. The number of halogens is 2. The molecule has 1 fully saturated rings. The van der Waals surface area contributed by atoms with Gasteiger partial charge in [0.15, 0.2) is 0 Å². The molecular weight excluding hydrogens is 320 g/mol. The van der Waals surface area contributed by atoms with Gasteiger partial charge >= 0.3 is 12.1 Å². The number of carbonyl (C=O) groups is 2. The van der Waals surface area contributed by atoms with Gasteiger partial charge in [0.1, 0.15) is 17.2 Å². The second-order valence-electron chi connectivity index (χ2n) is 6.79. The zero-order valence-corrected chi connectivity index (χ0v) is 14.1. The lowest BCUT2D eigenvalue weighted by molar-refractivity contribution is -0.145. The first kappa shape index (κ1) is 18.2. The van der Waals surface area contributed by atoms with Gasteiger partial charge in [0.2, 0.25) is 0 Å². The molecule has 7 heteroatoms. The lowest BCUT2D eigenvalue weighted by Gasteiger charge is -2.24. The number of hydrogen-bond donors (Lipinski definition) is 0. The number of methoxy groups -OCH3 is 1. The average molecular weight is 341 g/mol. The molecule has 2 rings (SSSR count). The van der Waals surface area contributed by atoms with Crippen LogP contribution in [0.3, 0.4) is 0 Å². The fraction of sp³-hybridized carbons (Fsp3) is 0.529. The molecule has 0 bridgehead atoms. The number of rotatable bonds is 2. The molecule has 0 unspecified atom stereocenters. The number of nitrogens with zero attached hydrogens (tertiary/aromatic N) is 1. The number of benzene rings is 1. The van der Waals surface area contributed by atoms with Crippen LogP contribution in [0.15, 0.2) is 18.2 Å². The molecule has 0 N–H and O–H groups in total. The summed E-state index contributed by atoms with van der Waals surface area (Å²) in [6.45, 7) is 5.35. The van der Waals surface area contributed by atoms with Crippen LogP contribution < -0.4 is 0 Å². The van der Waals surface area contributed by atoms with E-state index >= 15 is 0 Å². The largest absolute Gasteiger partial charge is 0.469 e. The zero-order valence-electron chi connectivity index (χ0n) is 14.1. The van der Waals surface area contributed by atoms with Crippen molar-refractivity contribution in [2.75, 3.05) is 20.2 Å². The predicted molar refractivity (Wildman–Crippen MR) is 82.4 cm³/mol. The maximum absolute atomic E-state index is 14.1. The number of amides is 1. The fourth-order valence-corrected chi connectivity index (χ4v) is 2.79. The fourth-order valence-electron chi connectivity index (χ4n) is 2.79. The summed E-state index contributed by atoms with van der Waals surface area (Å²) in [6.07, 6.45) is -0.582.